The molecule has 0 unspecified atom stereocenters. The van der Waals surface area contributed by atoms with Gasteiger partial charge in [-0.15, -0.1) is 0 Å². The molecule has 1 nitrogen and oxygen atoms in total. The van der Waals surface area contributed by atoms with Crippen LogP contribution in [0.15, 0.2) is 12.1 Å². The third-order valence-electron chi connectivity index (χ3n) is 2.76. The van der Waals surface area contributed by atoms with Gasteiger partial charge in [0.2, 0.25) is 0 Å². The highest BCUT2D eigenvalue weighted by Gasteiger charge is 2.38. The first kappa shape index (κ1) is 13.9. The number of rotatable bonds is 3. The molecule has 0 aliphatic heterocycles. The Morgan fingerprint density at radius 3 is 2.18 bits per heavy atom. The van der Waals surface area contributed by atoms with Gasteiger partial charge in [0.1, 0.15) is 11.3 Å². The lowest BCUT2D eigenvalue weighted by Crippen LogP contribution is -2.13. The summed E-state index contributed by atoms with van der Waals surface area (Å²) in [6.45, 7) is 5.30. The Morgan fingerprint density at radius 2 is 1.82 bits per heavy atom. The van der Waals surface area contributed by atoms with Crippen LogP contribution in [0, 0.1) is 0 Å². The Hall–Kier alpha value is -1.19. The van der Waals surface area contributed by atoms with Crippen molar-refractivity contribution in [3.05, 3.63) is 28.8 Å². The maximum absolute atomic E-state index is 13.1. The molecule has 0 aliphatic rings. The minimum atomic E-state index is -4.38. The van der Waals surface area contributed by atoms with Crippen LogP contribution in [0.3, 0.4) is 0 Å². The number of hydrogen-bond acceptors (Lipinski definition) is 1. The van der Waals surface area contributed by atoms with E-state index in [-0.39, 0.29) is 17.2 Å². The number of alkyl halides is 3. The van der Waals surface area contributed by atoms with Crippen molar-refractivity contribution in [1.82, 2.24) is 0 Å². The molecule has 0 aromatic heterocycles. The lowest BCUT2D eigenvalue weighted by Gasteiger charge is -2.21. The molecule has 0 spiro atoms. The van der Waals surface area contributed by atoms with E-state index >= 15 is 0 Å². The third kappa shape index (κ3) is 2.73. The molecule has 1 aromatic carbocycles. The van der Waals surface area contributed by atoms with Crippen molar-refractivity contribution in [2.75, 3.05) is 7.11 Å². The predicted molar refractivity (Wildman–Crippen MR) is 61.5 cm³/mol. The zero-order valence-electron chi connectivity index (χ0n) is 10.5. The second-order valence-corrected chi connectivity index (χ2v) is 4.23. The Labute approximate surface area is 99.6 Å². The first-order valence-corrected chi connectivity index (χ1v) is 5.59. The minimum Gasteiger partial charge on any atom is -0.496 e. The van der Waals surface area contributed by atoms with E-state index in [2.05, 4.69) is 0 Å². The molecule has 0 heterocycles. The summed E-state index contributed by atoms with van der Waals surface area (Å²) in [5, 5.41) is 0. The quantitative estimate of drug-likeness (QED) is 0.768. The van der Waals surface area contributed by atoms with Crippen molar-refractivity contribution in [3.63, 3.8) is 0 Å². The maximum atomic E-state index is 13.1. The fourth-order valence-electron chi connectivity index (χ4n) is 1.93. The van der Waals surface area contributed by atoms with Crippen LogP contribution in [0.2, 0.25) is 0 Å². The van der Waals surface area contributed by atoms with E-state index < -0.39 is 11.7 Å². The Kier molecular flexibility index (Phi) is 4.07. The summed E-state index contributed by atoms with van der Waals surface area (Å²) in [6, 6.07) is 3.26. The molecule has 0 atom stereocenters. The molecule has 0 radical (unpaired) electrons. The fourth-order valence-corrected chi connectivity index (χ4v) is 1.93. The fraction of sp³-hybridized carbons (Fsp3) is 0.538. The van der Waals surface area contributed by atoms with Gasteiger partial charge in [0.25, 0.3) is 0 Å². The molecule has 0 saturated carbocycles. The van der Waals surface area contributed by atoms with Crippen molar-refractivity contribution >= 4 is 0 Å². The van der Waals surface area contributed by atoms with Gasteiger partial charge in [-0.2, -0.15) is 13.2 Å². The lowest BCUT2D eigenvalue weighted by molar-refractivity contribution is -0.139. The van der Waals surface area contributed by atoms with Crippen molar-refractivity contribution < 1.29 is 17.9 Å². The highest BCUT2D eigenvalue weighted by atomic mass is 19.4. The third-order valence-corrected chi connectivity index (χ3v) is 2.76. The van der Waals surface area contributed by atoms with Gasteiger partial charge >= 0.3 is 6.18 Å². The van der Waals surface area contributed by atoms with Gasteiger partial charge in [0.15, 0.2) is 0 Å². The predicted octanol–water partition coefficient (Wildman–Crippen LogP) is 4.40. The number of ether oxygens (including phenoxy) is 1. The number of methoxy groups -OCH3 is 1. The van der Waals surface area contributed by atoms with Crippen molar-refractivity contribution in [2.24, 2.45) is 0 Å². The van der Waals surface area contributed by atoms with E-state index in [1.807, 2.05) is 6.92 Å². The molecular weight excluding hydrogens is 229 g/mol. The van der Waals surface area contributed by atoms with Gasteiger partial charge in [-0.3, -0.25) is 0 Å². The summed E-state index contributed by atoms with van der Waals surface area (Å²) in [6.07, 6.45) is -3.86. The summed E-state index contributed by atoms with van der Waals surface area (Å²) in [7, 11) is 1.29. The Morgan fingerprint density at radius 1 is 1.24 bits per heavy atom. The molecule has 0 N–H and O–H groups in total. The lowest BCUT2D eigenvalue weighted by atomic mass is 9.93. The normalized spacial score (nSPS) is 12.0. The number of halogens is 3. The minimum absolute atomic E-state index is 0.0359. The average Bonchev–Trinajstić information content (AvgIpc) is 2.25. The van der Waals surface area contributed by atoms with Gasteiger partial charge in [-0.25, -0.2) is 0 Å². The second kappa shape index (κ2) is 4.98. The van der Waals surface area contributed by atoms with E-state index in [9.17, 15) is 13.2 Å². The van der Waals surface area contributed by atoms with Crippen LogP contribution in [0.1, 0.15) is 43.4 Å². The summed E-state index contributed by atoms with van der Waals surface area (Å²) in [5.41, 5.74) is 0.241. The number of aryl methyl sites for hydroxylation is 1. The van der Waals surface area contributed by atoms with Gasteiger partial charge in [-0.1, -0.05) is 32.9 Å². The molecule has 96 valence electrons. The van der Waals surface area contributed by atoms with Gasteiger partial charge in [0, 0.05) is 0 Å². The van der Waals surface area contributed by atoms with Crippen LogP contribution in [0.5, 0.6) is 5.75 Å². The second-order valence-electron chi connectivity index (χ2n) is 4.23. The van der Waals surface area contributed by atoms with Crippen LogP contribution in [0.4, 0.5) is 13.2 Å². The zero-order chi connectivity index (χ0) is 13.2. The molecule has 1 aromatic rings. The maximum Gasteiger partial charge on any atom is 0.420 e. The van der Waals surface area contributed by atoms with Crippen LogP contribution in [-0.2, 0) is 12.6 Å². The Balaban J connectivity index is 3.56. The molecular formula is C13H17F3O. The van der Waals surface area contributed by atoms with Crippen molar-refractivity contribution in [1.29, 1.82) is 0 Å². The van der Waals surface area contributed by atoms with Gasteiger partial charge < -0.3 is 4.74 Å². The van der Waals surface area contributed by atoms with E-state index in [0.717, 1.165) is 0 Å². The van der Waals surface area contributed by atoms with E-state index in [1.165, 1.54) is 7.11 Å². The summed E-state index contributed by atoms with van der Waals surface area (Å²) >= 11 is 0. The summed E-state index contributed by atoms with van der Waals surface area (Å²) < 4.78 is 44.2. The summed E-state index contributed by atoms with van der Waals surface area (Å²) in [4.78, 5) is 0. The number of benzene rings is 1. The van der Waals surface area contributed by atoms with Gasteiger partial charge in [0.05, 0.1) is 7.11 Å². The first-order valence-electron chi connectivity index (χ1n) is 5.59. The topological polar surface area (TPSA) is 9.23 Å². The largest absolute Gasteiger partial charge is 0.496 e. The molecule has 0 amide bonds. The van der Waals surface area contributed by atoms with E-state index in [0.29, 0.717) is 12.0 Å². The van der Waals surface area contributed by atoms with Crippen LogP contribution in [0.25, 0.3) is 0 Å². The van der Waals surface area contributed by atoms with Crippen molar-refractivity contribution in [3.8, 4) is 5.75 Å². The molecule has 17 heavy (non-hydrogen) atoms. The van der Waals surface area contributed by atoms with E-state index in [1.54, 1.807) is 26.0 Å². The van der Waals surface area contributed by atoms with Crippen LogP contribution >= 0.6 is 0 Å². The SMILES string of the molecule is CCc1ccc(C(C)C)c(C(F)(F)F)c1OC. The summed E-state index contributed by atoms with van der Waals surface area (Å²) in [5.74, 6) is -0.224. The highest BCUT2D eigenvalue weighted by molar-refractivity contribution is 5.49. The number of hydrogen-bond donors (Lipinski definition) is 0. The molecule has 0 bridgehead atoms. The molecule has 0 fully saturated rings. The smallest absolute Gasteiger partial charge is 0.420 e. The van der Waals surface area contributed by atoms with E-state index in [4.69, 9.17) is 4.74 Å². The average molecular weight is 246 g/mol. The first-order chi connectivity index (χ1) is 7.82. The molecule has 1 rings (SSSR count). The molecule has 4 heteroatoms. The zero-order valence-corrected chi connectivity index (χ0v) is 10.5. The van der Waals surface area contributed by atoms with Crippen LogP contribution in [-0.4, -0.2) is 7.11 Å². The van der Waals surface area contributed by atoms with Gasteiger partial charge in [-0.05, 0) is 23.5 Å². The van der Waals surface area contributed by atoms with Crippen molar-refractivity contribution in [2.45, 2.75) is 39.3 Å². The highest BCUT2D eigenvalue weighted by Crippen LogP contribution is 2.43. The standard InChI is InChI=1S/C13H17F3O/c1-5-9-6-7-10(8(2)3)11(12(9)17-4)13(14,15)16/h6-8H,5H2,1-4H3. The Bertz CT molecular complexity index is 394. The van der Waals surface area contributed by atoms with Crippen LogP contribution < -0.4 is 4.74 Å². The molecule has 0 aliphatic carbocycles. The monoisotopic (exact) mass is 246 g/mol. The molecule has 0 saturated heterocycles.